The molecule has 2 aliphatic rings. The van der Waals surface area contributed by atoms with E-state index in [-0.39, 0.29) is 0 Å². The van der Waals surface area contributed by atoms with Crippen LogP contribution >= 0.6 is 0 Å². The Balaban J connectivity index is 0.000000107. The third-order valence-corrected chi connectivity index (χ3v) is 14.0. The number of fused-ring (bicyclic) bond motifs is 10. The Kier molecular flexibility index (Phi) is 12.6. The van der Waals surface area contributed by atoms with Gasteiger partial charge in [-0.15, -0.1) is 0 Å². The molecule has 0 aliphatic heterocycles. The minimum absolute atomic E-state index is 1.05. The summed E-state index contributed by atoms with van der Waals surface area (Å²) >= 11 is 0. The van der Waals surface area contributed by atoms with Crippen LogP contribution in [0.3, 0.4) is 0 Å². The van der Waals surface area contributed by atoms with Gasteiger partial charge in [0, 0.05) is 0 Å². The van der Waals surface area contributed by atoms with Gasteiger partial charge >= 0.3 is 0 Å². The van der Waals surface area contributed by atoms with Gasteiger partial charge in [0.05, 0.1) is 0 Å². The number of aryl methyl sites for hydroxylation is 4. The highest BCUT2D eigenvalue weighted by Gasteiger charge is 2.18. The van der Waals surface area contributed by atoms with Gasteiger partial charge in [-0.05, 0) is 154 Å². The number of hydrogen-bond donors (Lipinski definition) is 0. The van der Waals surface area contributed by atoms with Crippen LogP contribution in [0.1, 0.15) is 65.3 Å². The van der Waals surface area contributed by atoms with Gasteiger partial charge in [-0.25, -0.2) is 0 Å². The molecule has 326 valence electrons. The minimum atomic E-state index is 1.05. The lowest BCUT2D eigenvalue weighted by Gasteiger charge is -2.16. The fourth-order valence-corrected chi connectivity index (χ4v) is 10.9. The van der Waals surface area contributed by atoms with Gasteiger partial charge < -0.3 is 0 Å². The lowest BCUT2D eigenvalue weighted by molar-refractivity contribution is 1.15. The summed E-state index contributed by atoms with van der Waals surface area (Å²) in [6.45, 7) is 8.89. The summed E-state index contributed by atoms with van der Waals surface area (Å²) in [7, 11) is 0. The zero-order chi connectivity index (χ0) is 45.7. The van der Waals surface area contributed by atoms with Crippen molar-refractivity contribution in [1.82, 2.24) is 0 Å². The van der Waals surface area contributed by atoms with Crippen molar-refractivity contribution < 1.29 is 0 Å². The van der Waals surface area contributed by atoms with E-state index in [9.17, 15) is 0 Å². The van der Waals surface area contributed by atoms with E-state index >= 15 is 0 Å². The molecule has 0 heterocycles. The first-order chi connectivity index (χ1) is 33.1. The maximum absolute atomic E-state index is 2.26. The number of rotatable bonds is 4. The van der Waals surface area contributed by atoms with Crippen LogP contribution in [0.25, 0.3) is 76.5 Å². The van der Waals surface area contributed by atoms with E-state index in [2.05, 4.69) is 246 Å². The first-order valence-corrected chi connectivity index (χ1v) is 24.3. The predicted octanol–water partition coefficient (Wildman–Crippen LogP) is 18.2. The van der Waals surface area contributed by atoms with Gasteiger partial charge in [0.25, 0.3) is 0 Å². The lowest BCUT2D eigenvalue weighted by atomic mass is 9.87. The Bertz CT molecular complexity index is 3180. The normalized spacial score (nSPS) is 11.6. The highest BCUT2D eigenvalue weighted by Crippen LogP contribution is 2.40. The zero-order valence-corrected chi connectivity index (χ0v) is 39.3. The molecule has 0 bridgehead atoms. The summed E-state index contributed by atoms with van der Waals surface area (Å²) in [5, 5.41) is 11.2. The van der Waals surface area contributed by atoms with E-state index in [0.717, 1.165) is 32.1 Å². The average molecular weight is 863 g/mol. The van der Waals surface area contributed by atoms with Crippen molar-refractivity contribution in [3.05, 3.63) is 263 Å². The molecule has 0 saturated carbocycles. The van der Waals surface area contributed by atoms with Crippen molar-refractivity contribution in [2.24, 2.45) is 0 Å². The van der Waals surface area contributed by atoms with Crippen molar-refractivity contribution in [3.63, 3.8) is 0 Å². The van der Waals surface area contributed by atoms with Crippen molar-refractivity contribution in [3.8, 4) is 33.4 Å². The standard InChI is InChI=1S/C23H20.C18H18.2C13H10/c1-3-18-19-8-4-6-10-21(19)23(17-14-12-16(2)13-15-17)22-11-7-5-9-20(18)22;1-3-13-15-9-5-7-11-17(15)14(4-2)18-12-8-6-10-16(13)18;2*1-3-7-12-10(5-1)9-11-6-2-4-8-13(11)12/h4-15H,3H2,1-2H3;5-12H,3-4H2,1-2H3;2*1-8H,9H2. The smallest absolute Gasteiger partial charge is 0.00135 e. The topological polar surface area (TPSA) is 0 Å². The van der Waals surface area contributed by atoms with Crippen molar-refractivity contribution in [1.29, 1.82) is 0 Å². The Morgan fingerprint density at radius 1 is 0.269 bits per heavy atom. The first-order valence-electron chi connectivity index (χ1n) is 24.3. The second-order valence-electron chi connectivity index (χ2n) is 17.9. The van der Waals surface area contributed by atoms with Crippen molar-refractivity contribution in [2.75, 3.05) is 0 Å². The van der Waals surface area contributed by atoms with Gasteiger partial charge in [-0.3, -0.25) is 0 Å². The van der Waals surface area contributed by atoms with Crippen LogP contribution in [0.5, 0.6) is 0 Å². The second-order valence-corrected chi connectivity index (χ2v) is 17.9. The molecule has 67 heavy (non-hydrogen) atoms. The Labute approximate surface area is 397 Å². The molecule has 11 aromatic carbocycles. The molecule has 0 spiro atoms. The quantitative estimate of drug-likeness (QED) is 0.155. The molecule has 13 rings (SSSR count). The highest BCUT2D eigenvalue weighted by atomic mass is 14.2. The molecular weight excluding hydrogens is 805 g/mol. The monoisotopic (exact) mass is 862 g/mol. The molecule has 11 aromatic rings. The second kappa shape index (κ2) is 19.5. The van der Waals surface area contributed by atoms with Crippen molar-refractivity contribution in [2.45, 2.75) is 59.8 Å². The fraction of sp³-hybridized carbons (Fsp3) is 0.134. The molecule has 0 aromatic heterocycles. The van der Waals surface area contributed by atoms with Gasteiger partial charge in [-0.2, -0.15) is 0 Å². The van der Waals surface area contributed by atoms with E-state index in [1.54, 1.807) is 0 Å². The van der Waals surface area contributed by atoms with Crippen LogP contribution in [0.4, 0.5) is 0 Å². The third kappa shape index (κ3) is 8.46. The molecule has 0 amide bonds. The average Bonchev–Trinajstić information content (AvgIpc) is 3.97. The molecule has 0 unspecified atom stereocenters. The largest absolute Gasteiger partial charge is 0.0619 e. The summed E-state index contributed by atoms with van der Waals surface area (Å²) in [5.74, 6) is 0. The summed E-state index contributed by atoms with van der Waals surface area (Å²) in [6, 6.07) is 78.8. The van der Waals surface area contributed by atoms with Gasteiger partial charge in [0.1, 0.15) is 0 Å². The third-order valence-electron chi connectivity index (χ3n) is 14.0. The first kappa shape index (κ1) is 43.4. The fourth-order valence-electron chi connectivity index (χ4n) is 10.9. The Hall–Kier alpha value is -7.54. The molecule has 0 fully saturated rings. The molecule has 0 radical (unpaired) electrons. The Morgan fingerprint density at radius 3 is 0.791 bits per heavy atom. The van der Waals surface area contributed by atoms with Gasteiger partial charge in [0.2, 0.25) is 0 Å². The minimum Gasteiger partial charge on any atom is -0.0619 e. The van der Waals surface area contributed by atoms with Crippen LogP contribution in [0.15, 0.2) is 218 Å². The molecule has 0 heteroatoms. The van der Waals surface area contributed by atoms with E-state index in [0.29, 0.717) is 0 Å². The molecule has 0 atom stereocenters. The van der Waals surface area contributed by atoms with Crippen molar-refractivity contribution >= 4 is 43.1 Å². The molecular formula is C67H58. The molecule has 0 nitrogen and oxygen atoms in total. The maximum Gasteiger partial charge on any atom is -0.00135 e. The van der Waals surface area contributed by atoms with Crippen LogP contribution in [0, 0.1) is 6.92 Å². The van der Waals surface area contributed by atoms with E-state index < -0.39 is 0 Å². The van der Waals surface area contributed by atoms with Gasteiger partial charge in [-0.1, -0.05) is 245 Å². The van der Waals surface area contributed by atoms with E-state index in [1.807, 2.05) is 0 Å². The van der Waals surface area contributed by atoms with Crippen LogP contribution < -0.4 is 0 Å². The van der Waals surface area contributed by atoms with Crippen LogP contribution in [0.2, 0.25) is 0 Å². The Morgan fingerprint density at radius 2 is 0.507 bits per heavy atom. The predicted molar refractivity (Wildman–Crippen MR) is 291 cm³/mol. The SMILES string of the molecule is CCc1c2ccccc2c(-c2ccc(C)cc2)c2ccccc12.CCc1c2ccccc2c(CC)c2ccccc12.c1ccc2c(c1)Cc1ccccc1-2.c1ccc2c(c1)Cc1ccccc1-2. The lowest BCUT2D eigenvalue weighted by Crippen LogP contribution is -1.93. The summed E-state index contributed by atoms with van der Waals surface area (Å²) < 4.78 is 0. The highest BCUT2D eigenvalue weighted by molar-refractivity contribution is 6.15. The van der Waals surface area contributed by atoms with E-state index in [1.165, 1.54) is 121 Å². The zero-order valence-electron chi connectivity index (χ0n) is 39.3. The summed E-state index contributed by atoms with van der Waals surface area (Å²) in [6.07, 6.45) is 5.43. The van der Waals surface area contributed by atoms with Gasteiger partial charge in [0.15, 0.2) is 0 Å². The van der Waals surface area contributed by atoms with Crippen LogP contribution in [-0.4, -0.2) is 0 Å². The molecule has 0 saturated heterocycles. The summed E-state index contributed by atoms with van der Waals surface area (Å²) in [5.41, 5.74) is 19.9. The van der Waals surface area contributed by atoms with Crippen LogP contribution in [-0.2, 0) is 32.1 Å². The molecule has 2 aliphatic carbocycles. The molecule has 0 N–H and O–H groups in total. The number of hydrogen-bond acceptors (Lipinski definition) is 0. The number of benzene rings is 11. The van der Waals surface area contributed by atoms with E-state index in [4.69, 9.17) is 0 Å². The maximum atomic E-state index is 2.26. The summed E-state index contributed by atoms with van der Waals surface area (Å²) in [4.78, 5) is 0.